The van der Waals surface area contributed by atoms with E-state index in [1.165, 1.54) is 0 Å². The Hall–Kier alpha value is -1.03. The second-order valence-corrected chi connectivity index (χ2v) is 4.25. The highest BCUT2D eigenvalue weighted by Crippen LogP contribution is 2.38. The summed E-state index contributed by atoms with van der Waals surface area (Å²) < 4.78 is 0. The normalized spacial score (nSPS) is 25.5. The second kappa shape index (κ2) is 3.38. The van der Waals surface area contributed by atoms with Crippen molar-refractivity contribution in [3.63, 3.8) is 0 Å². The molecule has 0 spiro atoms. The van der Waals surface area contributed by atoms with Crippen molar-refractivity contribution in [2.24, 2.45) is 11.8 Å². The molecule has 1 aliphatic carbocycles. The lowest BCUT2D eigenvalue weighted by Gasteiger charge is -2.00. The van der Waals surface area contributed by atoms with E-state index in [-0.39, 0.29) is 5.92 Å². The highest BCUT2D eigenvalue weighted by molar-refractivity contribution is 7.14. The molecular formula is C9H11NO2S. The largest absolute Gasteiger partial charge is 0.481 e. The molecule has 0 aromatic carbocycles. The van der Waals surface area contributed by atoms with Gasteiger partial charge in [-0.1, -0.05) is 0 Å². The molecule has 2 unspecified atom stereocenters. The van der Waals surface area contributed by atoms with Gasteiger partial charge < -0.3 is 10.4 Å². The van der Waals surface area contributed by atoms with Gasteiger partial charge in [-0.25, -0.2) is 0 Å². The van der Waals surface area contributed by atoms with Crippen molar-refractivity contribution >= 4 is 22.3 Å². The van der Waals surface area contributed by atoms with Crippen LogP contribution in [0.2, 0.25) is 0 Å². The molecule has 3 nitrogen and oxygen atoms in total. The number of aliphatic carboxylic acids is 1. The lowest BCUT2D eigenvalue weighted by molar-refractivity contribution is -0.138. The molecule has 2 rings (SSSR count). The molecule has 0 amide bonds. The number of hydrogen-bond donors (Lipinski definition) is 2. The number of nitrogens with one attached hydrogen (secondary N) is 1. The van der Waals surface area contributed by atoms with Crippen LogP contribution < -0.4 is 5.32 Å². The zero-order valence-electron chi connectivity index (χ0n) is 7.06. The van der Waals surface area contributed by atoms with E-state index in [2.05, 4.69) is 5.32 Å². The third-order valence-electron chi connectivity index (χ3n) is 2.30. The van der Waals surface area contributed by atoms with Crippen LogP contribution in [0.25, 0.3) is 0 Å². The highest BCUT2D eigenvalue weighted by Gasteiger charge is 2.42. The zero-order valence-corrected chi connectivity index (χ0v) is 7.88. The van der Waals surface area contributed by atoms with E-state index in [1.807, 2.05) is 17.5 Å². The summed E-state index contributed by atoms with van der Waals surface area (Å²) in [7, 11) is 0. The van der Waals surface area contributed by atoms with Crippen LogP contribution >= 0.6 is 11.3 Å². The smallest absolute Gasteiger partial charge is 0.306 e. The number of thiophene rings is 1. The molecule has 0 saturated heterocycles. The first-order valence-electron chi connectivity index (χ1n) is 4.27. The fraction of sp³-hybridized carbons (Fsp3) is 0.444. The summed E-state index contributed by atoms with van der Waals surface area (Å²) in [5, 5.41) is 15.0. The van der Waals surface area contributed by atoms with Gasteiger partial charge in [0.05, 0.1) is 10.9 Å². The van der Waals surface area contributed by atoms with Gasteiger partial charge in [-0.15, -0.1) is 11.3 Å². The van der Waals surface area contributed by atoms with E-state index in [0.29, 0.717) is 5.92 Å². The van der Waals surface area contributed by atoms with Crippen LogP contribution in [0.5, 0.6) is 0 Å². The van der Waals surface area contributed by atoms with E-state index in [9.17, 15) is 4.79 Å². The van der Waals surface area contributed by atoms with Crippen LogP contribution in [0, 0.1) is 11.8 Å². The Labute approximate surface area is 80.4 Å². The average Bonchev–Trinajstić information content (AvgIpc) is 2.70. The average molecular weight is 197 g/mol. The Morgan fingerprint density at radius 2 is 2.62 bits per heavy atom. The predicted octanol–water partition coefficient (Wildman–Crippen LogP) is 1.88. The monoisotopic (exact) mass is 197 g/mol. The minimum atomic E-state index is -0.655. The van der Waals surface area contributed by atoms with Gasteiger partial charge in [0.2, 0.25) is 0 Å². The van der Waals surface area contributed by atoms with E-state index in [0.717, 1.165) is 18.0 Å². The highest BCUT2D eigenvalue weighted by atomic mass is 32.1. The first-order valence-corrected chi connectivity index (χ1v) is 5.15. The maximum Gasteiger partial charge on any atom is 0.306 e. The summed E-state index contributed by atoms with van der Waals surface area (Å²) >= 11 is 1.64. The maximum atomic E-state index is 10.5. The summed E-state index contributed by atoms with van der Waals surface area (Å²) in [5.74, 6) is -0.426. The first-order chi connectivity index (χ1) is 6.27. The minimum Gasteiger partial charge on any atom is -0.481 e. The summed E-state index contributed by atoms with van der Waals surface area (Å²) in [6.45, 7) is 0.789. The van der Waals surface area contributed by atoms with Crippen LogP contribution in [0.1, 0.15) is 6.42 Å². The van der Waals surface area contributed by atoms with Gasteiger partial charge in [-0.05, 0) is 29.9 Å². The van der Waals surface area contributed by atoms with Crippen LogP contribution in [0.4, 0.5) is 5.00 Å². The van der Waals surface area contributed by atoms with Gasteiger partial charge in [0.25, 0.3) is 0 Å². The molecule has 1 heterocycles. The summed E-state index contributed by atoms with van der Waals surface area (Å²) in [6.07, 6.45) is 0.827. The van der Waals surface area contributed by atoms with Crippen molar-refractivity contribution in [2.45, 2.75) is 6.42 Å². The Kier molecular flexibility index (Phi) is 2.22. The lowest BCUT2D eigenvalue weighted by atomic mass is 10.3. The Morgan fingerprint density at radius 1 is 1.77 bits per heavy atom. The summed E-state index contributed by atoms with van der Waals surface area (Å²) in [4.78, 5) is 10.5. The quantitative estimate of drug-likeness (QED) is 0.774. The van der Waals surface area contributed by atoms with Gasteiger partial charge >= 0.3 is 5.97 Å². The molecule has 0 aliphatic heterocycles. The Morgan fingerprint density at radius 3 is 3.15 bits per heavy atom. The lowest BCUT2D eigenvalue weighted by Crippen LogP contribution is -2.07. The minimum absolute atomic E-state index is 0.104. The van der Waals surface area contributed by atoms with E-state index in [1.54, 1.807) is 11.3 Å². The topological polar surface area (TPSA) is 49.3 Å². The number of hydrogen-bond acceptors (Lipinski definition) is 3. The van der Waals surface area contributed by atoms with Crippen molar-refractivity contribution in [1.82, 2.24) is 0 Å². The third-order valence-corrected chi connectivity index (χ3v) is 3.13. The number of carboxylic acids is 1. The van der Waals surface area contributed by atoms with Crippen molar-refractivity contribution in [3.05, 3.63) is 17.5 Å². The summed E-state index contributed by atoms with van der Waals surface area (Å²) in [5.41, 5.74) is 0. The number of anilines is 1. The van der Waals surface area contributed by atoms with Gasteiger partial charge in [0, 0.05) is 6.54 Å². The molecule has 1 aromatic heterocycles. The molecule has 70 valence electrons. The molecular weight excluding hydrogens is 186 g/mol. The summed E-state index contributed by atoms with van der Waals surface area (Å²) in [6, 6.07) is 3.98. The van der Waals surface area contributed by atoms with E-state index < -0.39 is 5.97 Å². The molecule has 0 bridgehead atoms. The molecule has 1 aromatic rings. The fourth-order valence-corrected chi connectivity index (χ4v) is 2.01. The molecule has 2 N–H and O–H groups in total. The Balaban J connectivity index is 1.74. The molecule has 4 heteroatoms. The van der Waals surface area contributed by atoms with Gasteiger partial charge in [-0.2, -0.15) is 0 Å². The van der Waals surface area contributed by atoms with Crippen molar-refractivity contribution in [1.29, 1.82) is 0 Å². The molecule has 2 atom stereocenters. The first kappa shape index (κ1) is 8.56. The standard InChI is InChI=1S/C9H11NO2S/c11-9(12)7-4-6(7)5-10-8-2-1-3-13-8/h1-3,6-7,10H,4-5H2,(H,11,12). The molecule has 13 heavy (non-hydrogen) atoms. The zero-order chi connectivity index (χ0) is 9.26. The van der Waals surface area contributed by atoms with Gasteiger partial charge in [-0.3, -0.25) is 4.79 Å². The van der Waals surface area contributed by atoms with Crippen LogP contribution in [0.3, 0.4) is 0 Å². The third kappa shape index (κ3) is 2.01. The van der Waals surface area contributed by atoms with Crippen LogP contribution in [-0.4, -0.2) is 17.6 Å². The maximum absolute atomic E-state index is 10.5. The van der Waals surface area contributed by atoms with E-state index >= 15 is 0 Å². The predicted molar refractivity (Wildman–Crippen MR) is 52.0 cm³/mol. The van der Waals surface area contributed by atoms with Crippen molar-refractivity contribution in [3.8, 4) is 0 Å². The number of carbonyl (C=O) groups is 1. The molecule has 0 radical (unpaired) electrons. The molecule has 1 aliphatic rings. The fourth-order valence-electron chi connectivity index (χ4n) is 1.39. The molecule has 1 fully saturated rings. The van der Waals surface area contributed by atoms with Crippen LogP contribution in [0.15, 0.2) is 17.5 Å². The SMILES string of the molecule is O=C(O)C1CC1CNc1cccs1. The second-order valence-electron chi connectivity index (χ2n) is 3.30. The van der Waals surface area contributed by atoms with Crippen LogP contribution in [-0.2, 0) is 4.79 Å². The van der Waals surface area contributed by atoms with Gasteiger partial charge in [0.15, 0.2) is 0 Å². The Bertz CT molecular complexity index is 297. The van der Waals surface area contributed by atoms with Crippen molar-refractivity contribution < 1.29 is 9.90 Å². The van der Waals surface area contributed by atoms with E-state index in [4.69, 9.17) is 5.11 Å². The van der Waals surface area contributed by atoms with Gasteiger partial charge in [0.1, 0.15) is 0 Å². The molecule has 1 saturated carbocycles. The number of carboxylic acid groups (broad SMARTS) is 1. The number of rotatable bonds is 4. The van der Waals surface area contributed by atoms with Crippen molar-refractivity contribution in [2.75, 3.05) is 11.9 Å².